The summed E-state index contributed by atoms with van der Waals surface area (Å²) in [4.78, 5) is 0. The Kier molecular flexibility index (Phi) is 6.74. The van der Waals surface area contributed by atoms with Gasteiger partial charge in [-0.3, -0.25) is 0 Å². The first kappa shape index (κ1) is 18.1. The second kappa shape index (κ2) is 8.57. The lowest BCUT2D eigenvalue weighted by Gasteiger charge is -2.21. The number of hydrogen-bond acceptors (Lipinski definition) is 5. The molecule has 0 aliphatic carbocycles. The highest BCUT2D eigenvalue weighted by Gasteiger charge is 2.21. The summed E-state index contributed by atoms with van der Waals surface area (Å²) in [7, 11) is 3.77. The first-order valence-electron chi connectivity index (χ1n) is 7.63. The molecule has 126 valence electrons. The number of halogens is 1. The molecule has 1 aromatic heterocycles. The van der Waals surface area contributed by atoms with Crippen LogP contribution in [0, 0.1) is 0 Å². The zero-order valence-corrected chi connectivity index (χ0v) is 15.1. The van der Waals surface area contributed by atoms with Crippen LogP contribution >= 0.6 is 24.2 Å². The summed E-state index contributed by atoms with van der Waals surface area (Å²) in [5.74, 6) is 3.42. The number of thioether (sulfide) groups is 1. The Morgan fingerprint density at radius 1 is 1.30 bits per heavy atom. The van der Waals surface area contributed by atoms with Gasteiger partial charge in [0.25, 0.3) is 0 Å². The zero-order chi connectivity index (χ0) is 15.4. The van der Waals surface area contributed by atoms with Gasteiger partial charge in [-0.15, -0.1) is 22.6 Å². The predicted octanol–water partition coefficient (Wildman–Crippen LogP) is 3.00. The number of ether oxygens (including phenoxy) is 1. The second-order valence-corrected chi connectivity index (χ2v) is 6.51. The van der Waals surface area contributed by atoms with E-state index in [1.807, 2.05) is 12.1 Å². The molecule has 0 bridgehead atoms. The van der Waals surface area contributed by atoms with Gasteiger partial charge in [-0.2, -0.15) is 0 Å². The number of piperidine rings is 1. The highest BCUT2D eigenvalue weighted by atomic mass is 35.5. The lowest BCUT2D eigenvalue weighted by Crippen LogP contribution is -2.27. The standard InChI is InChI=1S/C16H22N4OS.ClH/c1-20-15(13-6-8-17-9-7-13)18-19-16(20)22-11-12-4-3-5-14(10-12)21-2;/h3-5,10,13,17H,6-9,11H2,1-2H3;1H. The minimum atomic E-state index is 0. The summed E-state index contributed by atoms with van der Waals surface area (Å²) in [6, 6.07) is 8.16. The van der Waals surface area contributed by atoms with Gasteiger partial charge < -0.3 is 14.6 Å². The van der Waals surface area contributed by atoms with Crippen LogP contribution < -0.4 is 10.1 Å². The molecule has 0 atom stereocenters. The van der Waals surface area contributed by atoms with Crippen molar-refractivity contribution in [2.45, 2.75) is 29.7 Å². The summed E-state index contributed by atoms with van der Waals surface area (Å²) in [6.45, 7) is 2.15. The fraction of sp³-hybridized carbons (Fsp3) is 0.500. The van der Waals surface area contributed by atoms with Crippen molar-refractivity contribution < 1.29 is 4.74 Å². The third kappa shape index (κ3) is 4.40. The SMILES string of the molecule is COc1cccc(CSc2nnc(C3CCNCC3)n2C)c1.Cl. The van der Waals surface area contributed by atoms with Crippen molar-refractivity contribution in [1.29, 1.82) is 0 Å². The van der Waals surface area contributed by atoms with Crippen LogP contribution in [0.25, 0.3) is 0 Å². The number of hydrogen-bond donors (Lipinski definition) is 1. The minimum Gasteiger partial charge on any atom is -0.497 e. The topological polar surface area (TPSA) is 52.0 Å². The van der Waals surface area contributed by atoms with Crippen molar-refractivity contribution in [2.75, 3.05) is 20.2 Å². The Bertz CT molecular complexity index is 628. The summed E-state index contributed by atoms with van der Waals surface area (Å²) < 4.78 is 7.42. The molecule has 1 fully saturated rings. The van der Waals surface area contributed by atoms with Crippen molar-refractivity contribution in [3.8, 4) is 5.75 Å². The van der Waals surface area contributed by atoms with Crippen LogP contribution in [0.2, 0.25) is 0 Å². The van der Waals surface area contributed by atoms with Crippen molar-refractivity contribution in [1.82, 2.24) is 20.1 Å². The molecule has 0 unspecified atom stereocenters. The fourth-order valence-corrected chi connectivity index (χ4v) is 3.66. The van der Waals surface area contributed by atoms with E-state index >= 15 is 0 Å². The van der Waals surface area contributed by atoms with Crippen LogP contribution in [0.1, 0.15) is 30.1 Å². The van der Waals surface area contributed by atoms with Crippen LogP contribution in [-0.4, -0.2) is 35.0 Å². The maximum Gasteiger partial charge on any atom is 0.191 e. The third-order valence-electron chi connectivity index (χ3n) is 4.07. The van der Waals surface area contributed by atoms with Crippen LogP contribution in [-0.2, 0) is 12.8 Å². The smallest absolute Gasteiger partial charge is 0.191 e. The monoisotopic (exact) mass is 354 g/mol. The Morgan fingerprint density at radius 3 is 2.83 bits per heavy atom. The zero-order valence-electron chi connectivity index (χ0n) is 13.5. The predicted molar refractivity (Wildman–Crippen MR) is 95.7 cm³/mol. The molecule has 7 heteroatoms. The number of rotatable bonds is 5. The first-order valence-corrected chi connectivity index (χ1v) is 8.62. The number of methoxy groups -OCH3 is 1. The van der Waals surface area contributed by atoms with E-state index in [1.165, 1.54) is 5.56 Å². The minimum absolute atomic E-state index is 0. The quantitative estimate of drug-likeness (QED) is 0.836. The van der Waals surface area contributed by atoms with E-state index in [2.05, 4.69) is 39.3 Å². The van der Waals surface area contributed by atoms with E-state index < -0.39 is 0 Å². The Morgan fingerprint density at radius 2 is 2.09 bits per heavy atom. The van der Waals surface area contributed by atoms with Crippen LogP contribution in [0.5, 0.6) is 5.75 Å². The van der Waals surface area contributed by atoms with Gasteiger partial charge in [0.1, 0.15) is 11.6 Å². The normalized spacial score (nSPS) is 15.2. The van der Waals surface area contributed by atoms with Gasteiger partial charge in [-0.05, 0) is 43.6 Å². The molecule has 1 N–H and O–H groups in total. The molecule has 3 rings (SSSR count). The fourth-order valence-electron chi connectivity index (χ4n) is 2.80. The van der Waals surface area contributed by atoms with Gasteiger partial charge in [0.05, 0.1) is 7.11 Å². The number of benzene rings is 1. The molecule has 5 nitrogen and oxygen atoms in total. The highest BCUT2D eigenvalue weighted by molar-refractivity contribution is 7.98. The Balaban J connectivity index is 0.00000192. The number of nitrogens with one attached hydrogen (secondary N) is 1. The van der Waals surface area contributed by atoms with E-state index in [4.69, 9.17) is 4.74 Å². The maximum absolute atomic E-state index is 5.27. The molecule has 1 aliphatic heterocycles. The van der Waals surface area contributed by atoms with E-state index in [-0.39, 0.29) is 12.4 Å². The van der Waals surface area contributed by atoms with Gasteiger partial charge in [0.2, 0.25) is 0 Å². The summed E-state index contributed by atoms with van der Waals surface area (Å²) >= 11 is 1.72. The Hall–Kier alpha value is -1.24. The number of nitrogens with zero attached hydrogens (tertiary/aromatic N) is 3. The van der Waals surface area contributed by atoms with Gasteiger partial charge in [0.15, 0.2) is 5.16 Å². The van der Waals surface area contributed by atoms with E-state index in [0.29, 0.717) is 5.92 Å². The molecule has 2 heterocycles. The number of aromatic nitrogens is 3. The van der Waals surface area contributed by atoms with Crippen LogP contribution in [0.4, 0.5) is 0 Å². The van der Waals surface area contributed by atoms with Crippen molar-refractivity contribution in [3.63, 3.8) is 0 Å². The van der Waals surface area contributed by atoms with Gasteiger partial charge in [0, 0.05) is 18.7 Å². The molecule has 0 radical (unpaired) electrons. The van der Waals surface area contributed by atoms with E-state index in [9.17, 15) is 0 Å². The molecule has 0 amide bonds. The lowest BCUT2D eigenvalue weighted by molar-refractivity contribution is 0.414. The van der Waals surface area contributed by atoms with Crippen molar-refractivity contribution in [3.05, 3.63) is 35.7 Å². The molecular weight excluding hydrogens is 332 g/mol. The third-order valence-corrected chi connectivity index (χ3v) is 5.17. The summed E-state index contributed by atoms with van der Waals surface area (Å²) in [5.41, 5.74) is 1.23. The van der Waals surface area contributed by atoms with Crippen molar-refractivity contribution >= 4 is 24.2 Å². The van der Waals surface area contributed by atoms with E-state index in [0.717, 1.165) is 48.4 Å². The summed E-state index contributed by atoms with van der Waals surface area (Å²) in [6.07, 6.45) is 2.29. The van der Waals surface area contributed by atoms with Crippen LogP contribution in [0.15, 0.2) is 29.4 Å². The molecule has 23 heavy (non-hydrogen) atoms. The Labute approximate surface area is 147 Å². The molecule has 2 aromatic rings. The van der Waals surface area contributed by atoms with Gasteiger partial charge in [-0.25, -0.2) is 0 Å². The summed E-state index contributed by atoms with van der Waals surface area (Å²) in [5, 5.41) is 13.2. The van der Waals surface area contributed by atoms with Crippen molar-refractivity contribution in [2.24, 2.45) is 7.05 Å². The molecule has 0 spiro atoms. The molecule has 1 aliphatic rings. The molecular formula is C16H23ClN4OS. The first-order chi connectivity index (χ1) is 10.8. The molecule has 1 saturated heterocycles. The second-order valence-electron chi connectivity index (χ2n) is 5.56. The average molecular weight is 355 g/mol. The average Bonchev–Trinajstić information content (AvgIpc) is 2.95. The van der Waals surface area contributed by atoms with Gasteiger partial charge >= 0.3 is 0 Å². The lowest BCUT2D eigenvalue weighted by atomic mass is 9.97. The largest absolute Gasteiger partial charge is 0.497 e. The highest BCUT2D eigenvalue weighted by Crippen LogP contribution is 2.28. The van der Waals surface area contributed by atoms with Crippen LogP contribution in [0.3, 0.4) is 0 Å². The van der Waals surface area contributed by atoms with E-state index in [1.54, 1.807) is 18.9 Å². The molecule has 1 aromatic carbocycles. The molecule has 0 saturated carbocycles. The maximum atomic E-state index is 5.27. The van der Waals surface area contributed by atoms with Gasteiger partial charge in [-0.1, -0.05) is 23.9 Å².